The molecule has 0 atom stereocenters. The van der Waals surface area contributed by atoms with Gasteiger partial charge in [-0.25, -0.2) is 0 Å². The van der Waals surface area contributed by atoms with Crippen LogP contribution >= 0.6 is 0 Å². The van der Waals surface area contributed by atoms with Crippen molar-refractivity contribution < 1.29 is 29.2 Å². The Hall–Kier alpha value is -3.61. The van der Waals surface area contributed by atoms with Gasteiger partial charge >= 0.3 is 0 Å². The number of rotatable bonds is 3. The van der Waals surface area contributed by atoms with E-state index in [1.807, 2.05) is 33.8 Å². The van der Waals surface area contributed by atoms with Crippen LogP contribution in [0.4, 0.5) is 0 Å². The highest BCUT2D eigenvalue weighted by atomic mass is 16.5. The molecule has 1 aliphatic rings. The summed E-state index contributed by atoms with van der Waals surface area (Å²) in [4.78, 5) is 13.4. The van der Waals surface area contributed by atoms with Crippen LogP contribution in [0, 0.1) is 0 Å². The summed E-state index contributed by atoms with van der Waals surface area (Å²) in [5, 5.41) is 31.6. The van der Waals surface area contributed by atoms with Crippen molar-refractivity contribution in [3.8, 4) is 28.7 Å². The van der Waals surface area contributed by atoms with E-state index in [1.54, 1.807) is 12.2 Å². The average molecular weight is 424 g/mol. The van der Waals surface area contributed by atoms with E-state index in [-0.39, 0.29) is 33.4 Å². The number of allylic oxidation sites excluding steroid dienone is 2. The molecule has 7 nitrogen and oxygen atoms in total. The van der Waals surface area contributed by atoms with Crippen LogP contribution in [0.25, 0.3) is 28.0 Å². The molecule has 2 heterocycles. The van der Waals surface area contributed by atoms with E-state index in [4.69, 9.17) is 13.9 Å². The molecule has 0 radical (unpaired) electrons. The van der Waals surface area contributed by atoms with E-state index in [1.165, 1.54) is 13.2 Å². The minimum absolute atomic E-state index is 0.0240. The van der Waals surface area contributed by atoms with Crippen LogP contribution in [0.5, 0.6) is 28.7 Å². The smallest absolute Gasteiger partial charge is 0.205 e. The Morgan fingerprint density at radius 1 is 1.13 bits per heavy atom. The van der Waals surface area contributed by atoms with Crippen LogP contribution in [0.1, 0.15) is 38.8 Å². The lowest BCUT2D eigenvalue weighted by molar-refractivity contribution is 0.157. The molecule has 3 aromatic rings. The van der Waals surface area contributed by atoms with Gasteiger partial charge in [-0.2, -0.15) is 0 Å². The second-order valence-corrected chi connectivity index (χ2v) is 8.38. The van der Waals surface area contributed by atoms with Gasteiger partial charge < -0.3 is 29.2 Å². The lowest BCUT2D eigenvalue weighted by Crippen LogP contribution is -2.28. The minimum Gasteiger partial charge on any atom is -0.506 e. The molecule has 3 N–H and O–H groups in total. The third-order valence-electron chi connectivity index (χ3n) is 5.33. The highest BCUT2D eigenvalue weighted by molar-refractivity contribution is 6.01. The predicted octanol–water partition coefficient (Wildman–Crippen LogP) is 4.76. The molecule has 1 aromatic heterocycles. The van der Waals surface area contributed by atoms with Crippen LogP contribution in [-0.4, -0.2) is 28.0 Å². The number of phenols is 3. The number of ether oxygens (including phenoxy) is 2. The average Bonchev–Trinajstić information content (AvgIpc) is 2.69. The topological polar surface area (TPSA) is 109 Å². The van der Waals surface area contributed by atoms with Crippen LogP contribution < -0.4 is 14.9 Å². The zero-order valence-corrected chi connectivity index (χ0v) is 18.0. The van der Waals surface area contributed by atoms with Crippen molar-refractivity contribution in [1.29, 1.82) is 0 Å². The van der Waals surface area contributed by atoms with Gasteiger partial charge in [0.25, 0.3) is 0 Å². The lowest BCUT2D eigenvalue weighted by atomic mass is 9.94. The van der Waals surface area contributed by atoms with Crippen molar-refractivity contribution in [1.82, 2.24) is 0 Å². The minimum atomic E-state index is -0.627. The van der Waals surface area contributed by atoms with E-state index in [9.17, 15) is 20.1 Å². The van der Waals surface area contributed by atoms with Gasteiger partial charge in [-0.05, 0) is 52.3 Å². The summed E-state index contributed by atoms with van der Waals surface area (Å²) in [6.45, 7) is 7.65. The van der Waals surface area contributed by atoms with Crippen LogP contribution in [0.15, 0.2) is 33.0 Å². The second-order valence-electron chi connectivity index (χ2n) is 8.38. The predicted molar refractivity (Wildman–Crippen MR) is 118 cm³/mol. The first-order valence-corrected chi connectivity index (χ1v) is 9.84. The first-order chi connectivity index (χ1) is 14.6. The summed E-state index contributed by atoms with van der Waals surface area (Å²) in [6, 6.07) is 1.28. The molecule has 7 heteroatoms. The summed E-state index contributed by atoms with van der Waals surface area (Å²) < 4.78 is 17.1. The maximum absolute atomic E-state index is 13.4. The summed E-state index contributed by atoms with van der Waals surface area (Å²) in [7, 11) is 1.30. The maximum Gasteiger partial charge on any atom is 0.205 e. The van der Waals surface area contributed by atoms with E-state index in [2.05, 4.69) is 0 Å². The van der Waals surface area contributed by atoms with E-state index >= 15 is 0 Å². The van der Waals surface area contributed by atoms with Gasteiger partial charge in [-0.15, -0.1) is 0 Å². The van der Waals surface area contributed by atoms with Crippen molar-refractivity contribution in [2.24, 2.45) is 0 Å². The summed E-state index contributed by atoms with van der Waals surface area (Å²) >= 11 is 0. The Bertz CT molecular complexity index is 1350. The van der Waals surface area contributed by atoms with Crippen LogP contribution in [0.3, 0.4) is 0 Å². The first-order valence-electron chi connectivity index (χ1n) is 9.84. The summed E-state index contributed by atoms with van der Waals surface area (Å²) in [5.74, 6) is -1.08. The van der Waals surface area contributed by atoms with Crippen LogP contribution in [-0.2, 0) is 6.42 Å². The molecule has 0 saturated heterocycles. The van der Waals surface area contributed by atoms with Gasteiger partial charge in [0.2, 0.25) is 16.9 Å². The molecule has 2 aromatic carbocycles. The Morgan fingerprint density at radius 2 is 1.84 bits per heavy atom. The van der Waals surface area contributed by atoms with E-state index in [0.717, 1.165) is 5.57 Å². The molecule has 1 aliphatic heterocycles. The number of fused-ring (bicyclic) bond motifs is 3. The highest BCUT2D eigenvalue weighted by Gasteiger charge is 2.31. The van der Waals surface area contributed by atoms with Gasteiger partial charge in [0.05, 0.1) is 18.1 Å². The quantitative estimate of drug-likeness (QED) is 0.316. The molecule has 0 unspecified atom stereocenters. The largest absolute Gasteiger partial charge is 0.506 e. The number of benzene rings is 2. The summed E-state index contributed by atoms with van der Waals surface area (Å²) in [6.07, 6.45) is 5.87. The number of hydrogen-bond donors (Lipinski definition) is 3. The van der Waals surface area contributed by atoms with Gasteiger partial charge in [-0.3, -0.25) is 4.79 Å². The third kappa shape index (κ3) is 3.17. The molecule has 0 fully saturated rings. The van der Waals surface area contributed by atoms with E-state index in [0.29, 0.717) is 23.3 Å². The van der Waals surface area contributed by atoms with Gasteiger partial charge in [-0.1, -0.05) is 11.6 Å². The zero-order chi connectivity index (χ0) is 22.7. The third-order valence-corrected chi connectivity index (χ3v) is 5.33. The van der Waals surface area contributed by atoms with Gasteiger partial charge in [0, 0.05) is 5.56 Å². The van der Waals surface area contributed by atoms with Crippen molar-refractivity contribution >= 4 is 28.0 Å². The van der Waals surface area contributed by atoms with Gasteiger partial charge in [0.1, 0.15) is 28.1 Å². The zero-order valence-electron chi connectivity index (χ0n) is 18.0. The SMILES string of the molecule is COc1cc2c(=O)c3c(O)c4c(c(CC=C(C)C)c3oc2c(O)c1O)OC(C)(C)C=C4. The number of methoxy groups -OCH3 is 1. The molecule has 0 spiro atoms. The van der Waals surface area contributed by atoms with Crippen LogP contribution in [0.2, 0.25) is 0 Å². The Labute approximate surface area is 178 Å². The van der Waals surface area contributed by atoms with Crippen molar-refractivity contribution in [3.63, 3.8) is 0 Å². The lowest BCUT2D eigenvalue weighted by Gasteiger charge is -2.30. The number of phenolic OH excluding ortho intramolecular Hbond substituents is 3. The Kier molecular flexibility index (Phi) is 4.65. The number of aromatic hydroxyl groups is 3. The standard InChI is InChI=1S/C24H24O7/c1-11(2)6-7-13-21-12(8-9-24(3,4)31-21)17(25)16-18(26)14-10-15(29-5)19(27)20(28)23(14)30-22(13)16/h6,8-10,25,27-28H,7H2,1-5H3. The van der Waals surface area contributed by atoms with Crippen molar-refractivity contribution in [2.75, 3.05) is 7.11 Å². The molecule has 162 valence electrons. The fourth-order valence-corrected chi connectivity index (χ4v) is 3.71. The summed E-state index contributed by atoms with van der Waals surface area (Å²) in [5.41, 5.74) is 0.727. The number of hydrogen-bond acceptors (Lipinski definition) is 7. The molecule has 31 heavy (non-hydrogen) atoms. The fourth-order valence-electron chi connectivity index (χ4n) is 3.71. The molecular weight excluding hydrogens is 400 g/mol. The first kappa shape index (κ1) is 20.7. The highest BCUT2D eigenvalue weighted by Crippen LogP contribution is 2.47. The monoisotopic (exact) mass is 424 g/mol. The molecular formula is C24H24O7. The maximum atomic E-state index is 13.4. The second kappa shape index (κ2) is 6.97. The molecule has 0 aliphatic carbocycles. The molecule has 0 amide bonds. The van der Waals surface area contributed by atoms with Crippen molar-refractivity contribution in [2.45, 2.75) is 39.7 Å². The molecule has 0 saturated carbocycles. The Morgan fingerprint density at radius 3 is 2.48 bits per heavy atom. The Balaban J connectivity index is 2.22. The normalized spacial score (nSPS) is 14.4. The van der Waals surface area contributed by atoms with Crippen molar-refractivity contribution in [3.05, 3.63) is 45.1 Å². The van der Waals surface area contributed by atoms with E-state index < -0.39 is 22.5 Å². The fraction of sp³-hybridized carbons (Fsp3) is 0.292. The molecule has 4 rings (SSSR count). The molecule has 0 bridgehead atoms. The van der Waals surface area contributed by atoms with Gasteiger partial charge in [0.15, 0.2) is 11.3 Å².